The van der Waals surface area contributed by atoms with Gasteiger partial charge in [0.05, 0.1) is 0 Å². The highest BCUT2D eigenvalue weighted by Gasteiger charge is 2.46. The summed E-state index contributed by atoms with van der Waals surface area (Å²) >= 11 is 0. The molecule has 1 aliphatic heterocycles. The summed E-state index contributed by atoms with van der Waals surface area (Å²) in [5.41, 5.74) is 0.564. The SMILES string of the molecule is CCC1CN(C2(C)CC2)C(C)CN1. The zero-order valence-corrected chi connectivity index (χ0v) is 9.14. The van der Waals surface area contributed by atoms with Crippen molar-refractivity contribution in [2.75, 3.05) is 13.1 Å². The van der Waals surface area contributed by atoms with Crippen LogP contribution in [0, 0.1) is 0 Å². The van der Waals surface area contributed by atoms with Crippen LogP contribution in [0.1, 0.15) is 40.0 Å². The molecule has 0 aromatic heterocycles. The van der Waals surface area contributed by atoms with Gasteiger partial charge in [0.15, 0.2) is 0 Å². The lowest BCUT2D eigenvalue weighted by Crippen LogP contribution is -2.58. The maximum atomic E-state index is 3.61. The van der Waals surface area contributed by atoms with E-state index in [0.717, 1.165) is 12.1 Å². The highest BCUT2D eigenvalue weighted by atomic mass is 15.3. The molecule has 0 aromatic rings. The van der Waals surface area contributed by atoms with E-state index >= 15 is 0 Å². The van der Waals surface area contributed by atoms with Crippen LogP contribution in [0.5, 0.6) is 0 Å². The third-order valence-electron chi connectivity index (χ3n) is 3.81. The molecule has 0 radical (unpaired) electrons. The molecule has 2 nitrogen and oxygen atoms in total. The lowest BCUT2D eigenvalue weighted by atomic mass is 10.0. The van der Waals surface area contributed by atoms with Gasteiger partial charge in [-0.15, -0.1) is 0 Å². The van der Waals surface area contributed by atoms with Gasteiger partial charge in [0.25, 0.3) is 0 Å². The molecule has 1 saturated carbocycles. The number of hydrogen-bond acceptors (Lipinski definition) is 2. The Morgan fingerprint density at radius 1 is 1.46 bits per heavy atom. The third-order valence-corrected chi connectivity index (χ3v) is 3.81. The fourth-order valence-electron chi connectivity index (χ4n) is 2.42. The fraction of sp³-hybridized carbons (Fsp3) is 1.00. The van der Waals surface area contributed by atoms with Crippen molar-refractivity contribution in [2.24, 2.45) is 0 Å². The fourth-order valence-corrected chi connectivity index (χ4v) is 2.42. The molecule has 1 N–H and O–H groups in total. The van der Waals surface area contributed by atoms with E-state index in [-0.39, 0.29) is 0 Å². The topological polar surface area (TPSA) is 15.3 Å². The van der Waals surface area contributed by atoms with Crippen molar-refractivity contribution in [1.82, 2.24) is 10.2 Å². The van der Waals surface area contributed by atoms with Crippen LogP contribution in [0.25, 0.3) is 0 Å². The summed E-state index contributed by atoms with van der Waals surface area (Å²) in [6.45, 7) is 9.48. The zero-order valence-electron chi connectivity index (χ0n) is 9.14. The molecule has 1 aliphatic carbocycles. The van der Waals surface area contributed by atoms with E-state index in [9.17, 15) is 0 Å². The highest BCUT2D eigenvalue weighted by molar-refractivity contribution is 5.04. The van der Waals surface area contributed by atoms with Crippen LogP contribution in [-0.4, -0.2) is 35.6 Å². The normalized spacial score (nSPS) is 39.0. The molecular weight excluding hydrogens is 160 g/mol. The molecule has 1 saturated heterocycles. The minimum Gasteiger partial charge on any atom is -0.311 e. The Hall–Kier alpha value is -0.0800. The van der Waals surface area contributed by atoms with E-state index in [2.05, 4.69) is 31.0 Å². The van der Waals surface area contributed by atoms with Crippen molar-refractivity contribution in [3.8, 4) is 0 Å². The molecule has 2 fully saturated rings. The average Bonchev–Trinajstić information content (AvgIpc) is 2.86. The maximum absolute atomic E-state index is 3.61. The van der Waals surface area contributed by atoms with Gasteiger partial charge in [0, 0.05) is 30.7 Å². The minimum absolute atomic E-state index is 0.564. The zero-order chi connectivity index (χ0) is 9.47. The Bertz CT molecular complexity index is 187. The van der Waals surface area contributed by atoms with E-state index in [4.69, 9.17) is 0 Å². The van der Waals surface area contributed by atoms with E-state index in [1.165, 1.54) is 32.4 Å². The van der Waals surface area contributed by atoms with Crippen LogP contribution in [0.4, 0.5) is 0 Å². The Morgan fingerprint density at radius 3 is 2.69 bits per heavy atom. The van der Waals surface area contributed by atoms with E-state index in [1.54, 1.807) is 0 Å². The number of nitrogens with zero attached hydrogens (tertiary/aromatic N) is 1. The monoisotopic (exact) mass is 182 g/mol. The van der Waals surface area contributed by atoms with Crippen molar-refractivity contribution >= 4 is 0 Å². The minimum atomic E-state index is 0.564. The van der Waals surface area contributed by atoms with Crippen molar-refractivity contribution in [2.45, 2.75) is 57.7 Å². The van der Waals surface area contributed by atoms with Gasteiger partial charge in [0.2, 0.25) is 0 Å². The molecule has 1 heterocycles. The van der Waals surface area contributed by atoms with Gasteiger partial charge in [-0.2, -0.15) is 0 Å². The Balaban J connectivity index is 1.99. The van der Waals surface area contributed by atoms with Gasteiger partial charge in [0.1, 0.15) is 0 Å². The Kier molecular flexibility index (Phi) is 2.37. The molecule has 76 valence electrons. The first-order chi connectivity index (χ1) is 6.15. The average molecular weight is 182 g/mol. The molecule has 0 bridgehead atoms. The van der Waals surface area contributed by atoms with E-state index in [1.807, 2.05) is 0 Å². The molecule has 0 spiro atoms. The summed E-state index contributed by atoms with van der Waals surface area (Å²) in [6.07, 6.45) is 4.08. The smallest absolute Gasteiger partial charge is 0.0198 e. The first kappa shape index (κ1) is 9.47. The predicted molar refractivity (Wildman–Crippen MR) is 55.9 cm³/mol. The lowest BCUT2D eigenvalue weighted by Gasteiger charge is -2.42. The summed E-state index contributed by atoms with van der Waals surface area (Å²) in [6, 6.07) is 1.46. The van der Waals surface area contributed by atoms with Gasteiger partial charge in [-0.3, -0.25) is 4.90 Å². The van der Waals surface area contributed by atoms with Gasteiger partial charge in [-0.25, -0.2) is 0 Å². The second kappa shape index (κ2) is 3.25. The second-order valence-corrected chi connectivity index (χ2v) is 5.01. The van der Waals surface area contributed by atoms with Crippen molar-refractivity contribution in [3.05, 3.63) is 0 Å². The van der Waals surface area contributed by atoms with E-state index in [0.29, 0.717) is 5.54 Å². The molecule has 2 aliphatic rings. The quantitative estimate of drug-likeness (QED) is 0.698. The summed E-state index contributed by atoms with van der Waals surface area (Å²) < 4.78 is 0. The second-order valence-electron chi connectivity index (χ2n) is 5.01. The standard InChI is InChI=1S/C11H22N2/c1-4-10-8-13(9(2)7-12-10)11(3)5-6-11/h9-10,12H,4-8H2,1-3H3. The highest BCUT2D eigenvalue weighted by Crippen LogP contribution is 2.42. The predicted octanol–water partition coefficient (Wildman–Crippen LogP) is 1.61. The summed E-state index contributed by atoms with van der Waals surface area (Å²) in [4.78, 5) is 2.72. The molecule has 2 heteroatoms. The Morgan fingerprint density at radius 2 is 2.15 bits per heavy atom. The third kappa shape index (κ3) is 1.75. The van der Waals surface area contributed by atoms with Crippen LogP contribution < -0.4 is 5.32 Å². The van der Waals surface area contributed by atoms with Crippen molar-refractivity contribution in [1.29, 1.82) is 0 Å². The number of rotatable bonds is 2. The molecule has 2 atom stereocenters. The molecular formula is C11H22N2. The van der Waals surface area contributed by atoms with Crippen LogP contribution in [0.15, 0.2) is 0 Å². The van der Waals surface area contributed by atoms with Gasteiger partial charge in [-0.1, -0.05) is 6.92 Å². The van der Waals surface area contributed by atoms with E-state index < -0.39 is 0 Å². The summed E-state index contributed by atoms with van der Waals surface area (Å²) in [5, 5.41) is 3.61. The van der Waals surface area contributed by atoms with Crippen LogP contribution in [0.3, 0.4) is 0 Å². The largest absolute Gasteiger partial charge is 0.311 e. The molecule has 0 amide bonds. The van der Waals surface area contributed by atoms with Crippen LogP contribution in [0.2, 0.25) is 0 Å². The van der Waals surface area contributed by atoms with Gasteiger partial charge >= 0.3 is 0 Å². The molecule has 2 rings (SSSR count). The maximum Gasteiger partial charge on any atom is 0.0198 e. The number of hydrogen-bond donors (Lipinski definition) is 1. The first-order valence-electron chi connectivity index (χ1n) is 5.66. The molecule has 13 heavy (non-hydrogen) atoms. The number of piperazine rings is 1. The van der Waals surface area contributed by atoms with Crippen molar-refractivity contribution < 1.29 is 0 Å². The first-order valence-corrected chi connectivity index (χ1v) is 5.66. The summed E-state index contributed by atoms with van der Waals surface area (Å²) in [5.74, 6) is 0. The van der Waals surface area contributed by atoms with Crippen molar-refractivity contribution in [3.63, 3.8) is 0 Å². The van der Waals surface area contributed by atoms with Crippen LogP contribution >= 0.6 is 0 Å². The van der Waals surface area contributed by atoms with Crippen LogP contribution in [-0.2, 0) is 0 Å². The lowest BCUT2D eigenvalue weighted by molar-refractivity contribution is 0.0847. The Labute approximate surface area is 81.7 Å². The molecule has 2 unspecified atom stereocenters. The summed E-state index contributed by atoms with van der Waals surface area (Å²) in [7, 11) is 0. The molecule has 0 aromatic carbocycles. The van der Waals surface area contributed by atoms with Gasteiger partial charge < -0.3 is 5.32 Å². The van der Waals surface area contributed by atoms with Gasteiger partial charge in [-0.05, 0) is 33.1 Å². The number of nitrogens with one attached hydrogen (secondary N) is 1.